The molecular formula is C55H72ClN11O12S2. The zero-order valence-electron chi connectivity index (χ0n) is 45.0. The van der Waals surface area contributed by atoms with Gasteiger partial charge in [0.25, 0.3) is 0 Å². The highest BCUT2D eigenvalue weighted by Crippen LogP contribution is 2.25. The van der Waals surface area contributed by atoms with Crippen molar-refractivity contribution in [2.45, 2.75) is 113 Å². The van der Waals surface area contributed by atoms with Crippen LogP contribution in [0.3, 0.4) is 0 Å². The van der Waals surface area contributed by atoms with E-state index in [9.17, 15) is 58.8 Å². The van der Waals surface area contributed by atoms with Crippen LogP contribution in [0.2, 0.25) is 5.02 Å². The second kappa shape index (κ2) is 31.9. The van der Waals surface area contributed by atoms with Gasteiger partial charge in [-0.3, -0.25) is 43.7 Å². The largest absolute Gasteiger partial charge is 0.508 e. The van der Waals surface area contributed by atoms with E-state index < -0.39 is 108 Å². The summed E-state index contributed by atoms with van der Waals surface area (Å²) in [6, 6.07) is 13.1. The summed E-state index contributed by atoms with van der Waals surface area (Å²) >= 11 is 6.08. The number of rotatable bonds is 20. The first-order valence-electron chi connectivity index (χ1n) is 26.0. The maximum atomic E-state index is 14.8. The number of phenolic OH excluding ortho intramolecular Hbond substituents is 2. The van der Waals surface area contributed by atoms with Crippen molar-refractivity contribution in [1.29, 1.82) is 0 Å². The maximum absolute atomic E-state index is 14.8. The van der Waals surface area contributed by atoms with Gasteiger partial charge in [0.1, 0.15) is 47.9 Å². The SMILES string of the molecule is C[C@@H](O)[C@@H]1NC(=O)[C@H](CCCCN(C)C)NC(=O)[C@@H](Cc2ccc(C(N)=O)cc2)NC(O)[C@H](Cc2ccc(O)cc2)NC(=O)[C@H](NC(=O)[C@@H](N)Cc2ccc(Cl)cc2)CSSC[C@@H](C(=O)NC(Cc2ccc(O)cc2)C(N)=O)NC1=O. The molecule has 17 N–H and O–H groups in total. The standard InChI is InChI=1S/C55H72ClN11O12S2/c1-30(68)46-55(79)65-45(53(77)61-41(48(59)72)25-33-11-19-37(69)20-12-33)29-81-80-28-44(64-49(73)39(57)24-31-9-17-36(56)18-10-31)54(78)63-43(27-34-13-21-38(70)22-14-34)52(76)62-42(26-32-7-15-35(16-8-32)47(58)71)51(75)60-40(50(74)66-46)6-4-5-23-67(2)3/h7-22,30,39-46,52,62,68-70,76H,4-6,23-29,57H2,1-3H3,(H2,58,71)(H2,59,72)(H,60,75)(H,61,77)(H,63,78)(H,64,73)(H,65,79)(H,66,74)/t30-,39+,40+,41?,42-,43+,44-,45+,46+,52?/m1/s1. The topological polar surface area (TPSA) is 383 Å². The van der Waals surface area contributed by atoms with Crippen LogP contribution in [0.4, 0.5) is 0 Å². The fraction of sp³-hybridized carbons (Fsp3) is 0.418. The molecule has 1 aliphatic heterocycles. The number of aromatic hydroxyl groups is 2. The Hall–Kier alpha value is -6.97. The van der Waals surface area contributed by atoms with Crippen molar-refractivity contribution in [3.63, 3.8) is 0 Å². The van der Waals surface area contributed by atoms with Crippen LogP contribution >= 0.6 is 33.2 Å². The van der Waals surface area contributed by atoms with Gasteiger partial charge in [0.2, 0.25) is 47.3 Å². The molecular weight excluding hydrogens is 1110 g/mol. The monoisotopic (exact) mass is 1180 g/mol. The van der Waals surface area contributed by atoms with Crippen molar-refractivity contribution in [3.8, 4) is 11.5 Å². The molecule has 438 valence electrons. The van der Waals surface area contributed by atoms with Crippen LogP contribution in [-0.4, -0.2) is 165 Å². The number of carbonyl (C=O) groups excluding carboxylic acids is 8. The van der Waals surface area contributed by atoms with Crippen molar-refractivity contribution in [3.05, 3.63) is 130 Å². The highest BCUT2D eigenvalue weighted by Gasteiger charge is 2.37. The van der Waals surface area contributed by atoms with Gasteiger partial charge >= 0.3 is 0 Å². The number of nitrogens with one attached hydrogen (secondary N) is 7. The molecule has 1 aliphatic rings. The van der Waals surface area contributed by atoms with Gasteiger partial charge in [0.05, 0.1) is 24.2 Å². The number of aliphatic hydroxyl groups excluding tert-OH is 2. The third-order valence-corrected chi connectivity index (χ3v) is 15.7. The molecule has 4 aromatic carbocycles. The molecule has 10 atom stereocenters. The highest BCUT2D eigenvalue weighted by atomic mass is 35.5. The average Bonchev–Trinajstić information content (AvgIpc) is 3.47. The summed E-state index contributed by atoms with van der Waals surface area (Å²) in [6.45, 7) is 1.84. The minimum atomic E-state index is -1.77. The molecule has 5 rings (SSSR count). The first kappa shape index (κ1) is 64.8. The van der Waals surface area contributed by atoms with Crippen LogP contribution in [0.5, 0.6) is 11.5 Å². The summed E-state index contributed by atoms with van der Waals surface area (Å²) < 4.78 is 0. The normalized spacial score (nSPS) is 21.9. The quantitative estimate of drug-likeness (QED) is 0.0396. The van der Waals surface area contributed by atoms with Gasteiger partial charge < -0.3 is 74.4 Å². The summed E-state index contributed by atoms with van der Waals surface area (Å²) in [6.07, 6.45) is -2.77. The maximum Gasteiger partial charge on any atom is 0.248 e. The minimum Gasteiger partial charge on any atom is -0.508 e. The molecule has 1 saturated heterocycles. The zero-order chi connectivity index (χ0) is 59.3. The van der Waals surface area contributed by atoms with E-state index in [0.717, 1.165) is 21.6 Å². The molecule has 1 heterocycles. The molecule has 0 saturated carbocycles. The first-order valence-corrected chi connectivity index (χ1v) is 28.9. The van der Waals surface area contributed by atoms with E-state index in [1.54, 1.807) is 48.5 Å². The van der Waals surface area contributed by atoms with Gasteiger partial charge in [0, 0.05) is 28.5 Å². The number of primary amides is 2. The highest BCUT2D eigenvalue weighted by molar-refractivity contribution is 8.76. The molecule has 0 aromatic heterocycles. The molecule has 23 nitrogen and oxygen atoms in total. The van der Waals surface area contributed by atoms with Gasteiger partial charge in [-0.05, 0) is 137 Å². The van der Waals surface area contributed by atoms with Crippen LogP contribution in [0.1, 0.15) is 58.8 Å². The molecule has 2 unspecified atom stereocenters. The fourth-order valence-corrected chi connectivity index (χ4v) is 10.9. The molecule has 1 fully saturated rings. The fourth-order valence-electron chi connectivity index (χ4n) is 8.45. The second-order valence-corrected chi connectivity index (χ2v) is 23.0. The van der Waals surface area contributed by atoms with Gasteiger partial charge in [-0.25, -0.2) is 0 Å². The predicted octanol–water partition coefficient (Wildman–Crippen LogP) is -0.374. The van der Waals surface area contributed by atoms with Crippen LogP contribution in [0, 0.1) is 0 Å². The number of nitrogens with two attached hydrogens (primary N) is 3. The molecule has 0 spiro atoms. The summed E-state index contributed by atoms with van der Waals surface area (Å²) in [7, 11) is 5.68. The molecule has 0 bridgehead atoms. The number of unbranched alkanes of at least 4 members (excludes halogenated alkanes) is 1. The van der Waals surface area contributed by atoms with E-state index in [-0.39, 0.29) is 60.7 Å². The number of aliphatic hydroxyl groups is 2. The van der Waals surface area contributed by atoms with Crippen molar-refractivity contribution in [1.82, 2.24) is 42.1 Å². The third-order valence-electron chi connectivity index (χ3n) is 13.1. The van der Waals surface area contributed by atoms with Crippen LogP contribution in [0.25, 0.3) is 0 Å². The number of nitrogens with zero attached hydrogens (tertiary/aromatic N) is 1. The lowest BCUT2D eigenvalue weighted by Crippen LogP contribution is -2.63. The number of benzene rings is 4. The summed E-state index contributed by atoms with van der Waals surface area (Å²) in [5.74, 6) is -7.49. The number of hydrogen-bond acceptors (Lipinski definition) is 17. The van der Waals surface area contributed by atoms with Gasteiger partial charge in [-0.15, -0.1) is 0 Å². The molecule has 0 radical (unpaired) electrons. The number of halogens is 1. The van der Waals surface area contributed by atoms with Crippen LogP contribution in [-0.2, 0) is 59.2 Å². The Morgan fingerprint density at radius 3 is 1.85 bits per heavy atom. The summed E-state index contributed by atoms with van der Waals surface area (Å²) in [5.41, 5.74) is 20.0. The number of carbonyl (C=O) groups is 8. The van der Waals surface area contributed by atoms with E-state index in [1.807, 2.05) is 19.0 Å². The molecule has 4 aromatic rings. The molecule has 81 heavy (non-hydrogen) atoms. The Kier molecular flexibility index (Phi) is 25.5. The number of hydrogen-bond donors (Lipinski definition) is 14. The molecule has 0 aliphatic carbocycles. The van der Waals surface area contributed by atoms with Crippen LogP contribution < -0.4 is 54.4 Å². The Morgan fingerprint density at radius 2 is 1.26 bits per heavy atom. The van der Waals surface area contributed by atoms with Crippen molar-refractivity contribution in [2.75, 3.05) is 32.1 Å². The summed E-state index contributed by atoms with van der Waals surface area (Å²) in [4.78, 5) is 113. The second-order valence-electron chi connectivity index (χ2n) is 20.0. The third kappa shape index (κ3) is 21.5. The Morgan fingerprint density at radius 1 is 0.704 bits per heavy atom. The van der Waals surface area contributed by atoms with E-state index in [1.165, 1.54) is 55.5 Å². The number of phenols is 2. The lowest BCUT2D eigenvalue weighted by Gasteiger charge is -2.32. The lowest BCUT2D eigenvalue weighted by atomic mass is 9.99. The van der Waals surface area contributed by atoms with Gasteiger partial charge in [-0.1, -0.05) is 81.7 Å². The lowest BCUT2D eigenvalue weighted by molar-refractivity contribution is -0.136. The Balaban J connectivity index is 1.58. The first-order chi connectivity index (χ1) is 38.4. The molecule has 26 heteroatoms. The van der Waals surface area contributed by atoms with Crippen molar-refractivity contribution in [2.24, 2.45) is 17.2 Å². The van der Waals surface area contributed by atoms with E-state index >= 15 is 0 Å². The van der Waals surface area contributed by atoms with Crippen molar-refractivity contribution >= 4 is 80.4 Å². The van der Waals surface area contributed by atoms with E-state index in [2.05, 4.69) is 37.2 Å². The Labute approximate surface area is 482 Å². The smallest absolute Gasteiger partial charge is 0.248 e. The summed E-state index contributed by atoms with van der Waals surface area (Å²) in [5, 5.41) is 62.7. The Bertz CT molecular complexity index is 2770. The molecule has 8 amide bonds. The van der Waals surface area contributed by atoms with Crippen LogP contribution in [0.15, 0.2) is 97.1 Å². The van der Waals surface area contributed by atoms with Gasteiger partial charge in [0.15, 0.2) is 0 Å². The van der Waals surface area contributed by atoms with E-state index in [0.29, 0.717) is 46.7 Å². The zero-order valence-corrected chi connectivity index (χ0v) is 47.4. The van der Waals surface area contributed by atoms with Crippen molar-refractivity contribution < 1.29 is 58.8 Å². The van der Waals surface area contributed by atoms with Gasteiger partial charge in [-0.2, -0.15) is 0 Å². The van der Waals surface area contributed by atoms with E-state index in [4.69, 9.17) is 28.8 Å². The predicted molar refractivity (Wildman–Crippen MR) is 308 cm³/mol. The number of amides is 8. The minimum absolute atomic E-state index is 0.0204. The average molecular weight is 1180 g/mol.